The van der Waals surface area contributed by atoms with Gasteiger partial charge in [0.2, 0.25) is 0 Å². The monoisotopic (exact) mass is 589 g/mol. The van der Waals surface area contributed by atoms with Crippen molar-refractivity contribution in [2.45, 2.75) is 58.2 Å². The maximum Gasteiger partial charge on any atom is 0.628 e. The van der Waals surface area contributed by atoms with E-state index in [0.29, 0.717) is 11.1 Å². The van der Waals surface area contributed by atoms with Gasteiger partial charge in [-0.15, -0.1) is 0 Å². The summed E-state index contributed by atoms with van der Waals surface area (Å²) < 4.78 is 38.0. The fourth-order valence-electron chi connectivity index (χ4n) is 4.42. The Hall–Kier alpha value is -4.24. The molecule has 226 valence electrons. The van der Waals surface area contributed by atoms with Crippen LogP contribution in [-0.2, 0) is 61.8 Å². The van der Waals surface area contributed by atoms with Crippen LogP contribution in [0.2, 0.25) is 0 Å². The SMILES string of the molecule is CC(=O)OC[C@H]1O[C@H](c2ccc(/C=C/B3OC(=O)CN(C)CC(=O)O3)cc2)[C@@H](OC(C)=O)[C@@H](OC(C)=O)[C@@H]1OC(C)=O. The van der Waals surface area contributed by atoms with E-state index < -0.39 is 73.5 Å². The average molecular weight is 589 g/mol. The molecule has 3 rings (SSSR count). The highest BCUT2D eigenvalue weighted by Gasteiger charge is 2.52. The molecule has 0 aliphatic carbocycles. The standard InChI is InChI=1S/C27H32BNO13/c1-15(30)36-14-21-25(37-16(2)31)27(39-18(4)33)26(38-17(3)32)24(40-21)20-8-6-19(7-9-20)10-11-28-41-22(34)12-29(5)13-23(35)42-28/h6-11,21,24-27H,12-14H2,1-5H3/b11-10+/t21-,24-,25-,26-,27+/m1/s1. The van der Waals surface area contributed by atoms with Crippen LogP contribution in [0.5, 0.6) is 0 Å². The Bertz CT molecular complexity index is 1200. The summed E-state index contributed by atoms with van der Waals surface area (Å²) in [5.41, 5.74) is 1.10. The zero-order valence-corrected chi connectivity index (χ0v) is 23.8. The zero-order valence-electron chi connectivity index (χ0n) is 23.8. The second-order valence-corrected chi connectivity index (χ2v) is 9.67. The summed E-state index contributed by atoms with van der Waals surface area (Å²) in [4.78, 5) is 72.9. The Morgan fingerprint density at radius 2 is 1.36 bits per heavy atom. The van der Waals surface area contributed by atoms with Crippen LogP contribution in [-0.4, -0.2) is 99.0 Å². The molecule has 1 aromatic carbocycles. The summed E-state index contributed by atoms with van der Waals surface area (Å²) in [7, 11) is 0.379. The fraction of sp³-hybridized carbons (Fsp3) is 0.481. The molecule has 0 aromatic heterocycles. The first kappa shape index (κ1) is 32.3. The maximum atomic E-state index is 12.1. The van der Waals surface area contributed by atoms with E-state index in [-0.39, 0.29) is 19.7 Å². The number of likely N-dealkylation sites (N-methyl/N-ethyl adjacent to an activating group) is 1. The van der Waals surface area contributed by atoms with Gasteiger partial charge in [0.25, 0.3) is 0 Å². The van der Waals surface area contributed by atoms with E-state index in [1.165, 1.54) is 17.8 Å². The normalized spacial score (nSPS) is 25.0. The molecule has 42 heavy (non-hydrogen) atoms. The molecular formula is C27H32BNO13. The van der Waals surface area contributed by atoms with E-state index in [4.69, 9.17) is 33.0 Å². The number of nitrogens with zero attached hydrogens (tertiary/aromatic N) is 1. The lowest BCUT2D eigenvalue weighted by Gasteiger charge is -2.44. The number of carbonyl (C=O) groups excluding carboxylic acids is 6. The van der Waals surface area contributed by atoms with Crippen molar-refractivity contribution in [3.05, 3.63) is 41.4 Å². The van der Waals surface area contributed by atoms with Crippen LogP contribution in [0.25, 0.3) is 6.08 Å². The predicted octanol–water partition coefficient (Wildman–Crippen LogP) is 0.557. The Labute approximate surface area is 242 Å². The van der Waals surface area contributed by atoms with Crippen LogP contribution in [0.3, 0.4) is 0 Å². The molecule has 2 aliphatic rings. The van der Waals surface area contributed by atoms with Crippen LogP contribution in [0, 0.1) is 0 Å². The molecule has 0 saturated carbocycles. The van der Waals surface area contributed by atoms with Crippen molar-refractivity contribution >= 4 is 49.0 Å². The summed E-state index contributed by atoms with van der Waals surface area (Å²) in [6.07, 6.45) is -4.33. The van der Waals surface area contributed by atoms with Crippen LogP contribution < -0.4 is 0 Å². The van der Waals surface area contributed by atoms with Gasteiger partial charge < -0.3 is 33.0 Å². The molecular weight excluding hydrogens is 557 g/mol. The van der Waals surface area contributed by atoms with Crippen LogP contribution in [0.1, 0.15) is 44.9 Å². The van der Waals surface area contributed by atoms with Gasteiger partial charge in [-0.05, 0) is 24.1 Å². The molecule has 2 aliphatic heterocycles. The van der Waals surface area contributed by atoms with Crippen molar-refractivity contribution in [2.75, 3.05) is 26.7 Å². The summed E-state index contributed by atoms with van der Waals surface area (Å²) in [6, 6.07) is 6.62. The average Bonchev–Trinajstić information content (AvgIpc) is 2.87. The topological polar surface area (TPSA) is 170 Å². The lowest BCUT2D eigenvalue weighted by Crippen LogP contribution is -2.59. The molecule has 2 fully saturated rings. The summed E-state index contributed by atoms with van der Waals surface area (Å²) >= 11 is 0. The number of hydrogen-bond donors (Lipinski definition) is 0. The quantitative estimate of drug-likeness (QED) is 0.234. The third-order valence-electron chi connectivity index (χ3n) is 5.99. The van der Waals surface area contributed by atoms with Crippen LogP contribution >= 0.6 is 0 Å². The summed E-state index contributed by atoms with van der Waals surface area (Å²) in [5.74, 6) is -2.49. The Morgan fingerprint density at radius 3 is 1.88 bits per heavy atom. The van der Waals surface area contributed by atoms with Gasteiger partial charge in [0.15, 0.2) is 18.3 Å². The number of esters is 4. The van der Waals surface area contributed by atoms with E-state index >= 15 is 0 Å². The van der Waals surface area contributed by atoms with Gasteiger partial charge in [-0.25, -0.2) is 0 Å². The van der Waals surface area contributed by atoms with Gasteiger partial charge in [-0.2, -0.15) is 0 Å². The predicted molar refractivity (Wildman–Crippen MR) is 142 cm³/mol. The van der Waals surface area contributed by atoms with Crippen LogP contribution in [0.4, 0.5) is 0 Å². The van der Waals surface area contributed by atoms with Crippen molar-refractivity contribution < 1.29 is 61.8 Å². The molecule has 15 heteroatoms. The van der Waals surface area contributed by atoms with Gasteiger partial charge in [0.1, 0.15) is 18.8 Å². The van der Waals surface area contributed by atoms with Crippen molar-refractivity contribution in [1.82, 2.24) is 4.90 Å². The van der Waals surface area contributed by atoms with E-state index in [9.17, 15) is 28.8 Å². The fourth-order valence-corrected chi connectivity index (χ4v) is 4.42. The van der Waals surface area contributed by atoms with Gasteiger partial charge in [-0.3, -0.25) is 33.7 Å². The number of carbonyl (C=O) groups is 6. The molecule has 0 spiro atoms. The third-order valence-corrected chi connectivity index (χ3v) is 5.99. The highest BCUT2D eigenvalue weighted by atomic mass is 16.7. The van der Waals surface area contributed by atoms with Gasteiger partial charge in [-0.1, -0.05) is 30.3 Å². The van der Waals surface area contributed by atoms with E-state index in [0.717, 1.165) is 20.8 Å². The molecule has 1 aromatic rings. The van der Waals surface area contributed by atoms with Gasteiger partial charge in [0.05, 0.1) is 13.1 Å². The number of benzene rings is 1. The molecule has 0 N–H and O–H groups in total. The van der Waals surface area contributed by atoms with E-state index in [1.807, 2.05) is 0 Å². The van der Waals surface area contributed by atoms with Crippen molar-refractivity contribution in [1.29, 1.82) is 0 Å². The number of rotatable bonds is 8. The van der Waals surface area contributed by atoms with E-state index in [1.54, 1.807) is 37.4 Å². The minimum atomic E-state index is -1.29. The van der Waals surface area contributed by atoms with Crippen molar-refractivity contribution in [2.24, 2.45) is 0 Å². The van der Waals surface area contributed by atoms with Gasteiger partial charge >= 0.3 is 42.9 Å². The summed E-state index contributed by atoms with van der Waals surface area (Å²) in [5, 5.41) is 0. The second kappa shape index (κ2) is 14.6. The number of ether oxygens (including phenoxy) is 5. The summed E-state index contributed by atoms with van der Waals surface area (Å²) in [6.45, 7) is 4.16. The highest BCUT2D eigenvalue weighted by molar-refractivity contribution is 6.55. The molecule has 2 saturated heterocycles. The lowest BCUT2D eigenvalue weighted by molar-refractivity contribution is -0.254. The molecule has 0 unspecified atom stereocenters. The van der Waals surface area contributed by atoms with E-state index in [2.05, 4.69) is 0 Å². The molecule has 2 heterocycles. The lowest BCUT2D eigenvalue weighted by atomic mass is 9.87. The largest absolute Gasteiger partial charge is 0.628 e. The number of hydrogen-bond acceptors (Lipinski definition) is 14. The Balaban J connectivity index is 1.90. The first-order valence-electron chi connectivity index (χ1n) is 13.0. The second-order valence-electron chi connectivity index (χ2n) is 9.67. The molecule has 0 bridgehead atoms. The highest BCUT2D eigenvalue weighted by Crippen LogP contribution is 2.37. The Morgan fingerprint density at radius 1 is 0.833 bits per heavy atom. The van der Waals surface area contributed by atoms with Crippen LogP contribution in [0.15, 0.2) is 30.2 Å². The maximum absolute atomic E-state index is 12.1. The smallest absolute Gasteiger partial charge is 0.495 e. The third kappa shape index (κ3) is 9.41. The minimum Gasteiger partial charge on any atom is -0.495 e. The first-order valence-corrected chi connectivity index (χ1v) is 13.0. The van der Waals surface area contributed by atoms with Crippen molar-refractivity contribution in [3.8, 4) is 0 Å². The molecule has 0 amide bonds. The Kier molecular flexibility index (Phi) is 11.2. The van der Waals surface area contributed by atoms with Crippen molar-refractivity contribution in [3.63, 3.8) is 0 Å². The molecule has 5 atom stereocenters. The minimum absolute atomic E-state index is 0.0654. The molecule has 14 nitrogen and oxygen atoms in total. The van der Waals surface area contributed by atoms with Gasteiger partial charge in [0, 0.05) is 27.7 Å². The zero-order chi connectivity index (χ0) is 31.0. The first-order chi connectivity index (χ1) is 19.8. The molecule has 0 radical (unpaired) electrons.